The van der Waals surface area contributed by atoms with Crippen molar-refractivity contribution in [1.82, 2.24) is 0 Å². The van der Waals surface area contributed by atoms with Crippen LogP contribution in [0.1, 0.15) is 73.6 Å². The Morgan fingerprint density at radius 3 is 2.00 bits per heavy atom. The van der Waals surface area contributed by atoms with Crippen molar-refractivity contribution in [3.63, 3.8) is 0 Å². The highest BCUT2D eigenvalue weighted by molar-refractivity contribution is 7.58. The monoisotopic (exact) mass is 435 g/mol. The van der Waals surface area contributed by atoms with Crippen molar-refractivity contribution < 1.29 is 32.6 Å². The van der Waals surface area contributed by atoms with Gasteiger partial charge in [-0.15, -0.1) is 0 Å². The molecule has 0 rings (SSSR count). The number of rotatable bonds is 12. The van der Waals surface area contributed by atoms with Crippen LogP contribution >= 0.6 is 15.6 Å². The Balaban J connectivity index is 4.82. The second-order valence-electron chi connectivity index (χ2n) is 8.28. The molecule has 0 aromatic rings. The Morgan fingerprint density at radius 2 is 1.50 bits per heavy atom. The van der Waals surface area contributed by atoms with Gasteiger partial charge in [-0.2, -0.15) is 0 Å². The lowest BCUT2D eigenvalue weighted by Crippen LogP contribution is -2.19. The highest BCUT2D eigenvalue weighted by Gasteiger charge is 2.14. The smallest absolute Gasteiger partial charge is 0.272 e. The van der Waals surface area contributed by atoms with Gasteiger partial charge in [0.2, 0.25) is 0 Å². The predicted octanol–water partition coefficient (Wildman–Crippen LogP) is 4.15. The second kappa shape index (κ2) is 12.2. The quantitative estimate of drug-likeness (QED) is 0.333. The van der Waals surface area contributed by atoms with Crippen LogP contribution < -0.4 is 14.7 Å². The fraction of sp³-hybridized carbons (Fsp3) is 0.684. The predicted molar refractivity (Wildman–Crippen MR) is 106 cm³/mol. The van der Waals surface area contributed by atoms with E-state index >= 15 is 0 Å². The summed E-state index contributed by atoms with van der Waals surface area (Å²) in [6, 6.07) is 0. The molecule has 0 aliphatic heterocycles. The van der Waals surface area contributed by atoms with Crippen molar-refractivity contribution in [3.8, 4) is 0 Å². The van der Waals surface area contributed by atoms with E-state index in [1.165, 1.54) is 11.1 Å². The van der Waals surface area contributed by atoms with Gasteiger partial charge in [0.15, 0.2) is 0 Å². The fourth-order valence-electron chi connectivity index (χ4n) is 2.53. The third kappa shape index (κ3) is 17.6. The summed E-state index contributed by atoms with van der Waals surface area (Å²) < 4.78 is 29.7. The van der Waals surface area contributed by atoms with Crippen LogP contribution in [0.4, 0.5) is 0 Å². The Hall–Kier alpha value is -0.520. The zero-order valence-corrected chi connectivity index (χ0v) is 19.5. The first-order chi connectivity index (χ1) is 12.6. The lowest BCUT2D eigenvalue weighted by atomic mass is 9.86. The molecule has 164 valence electrons. The molecule has 0 saturated carbocycles. The minimum absolute atomic E-state index is 0.00849. The zero-order valence-electron chi connectivity index (χ0n) is 17.7. The summed E-state index contributed by atoms with van der Waals surface area (Å²) in [4.78, 5) is 32.2. The molecule has 0 aromatic heterocycles. The summed E-state index contributed by atoms with van der Waals surface area (Å²) in [7, 11) is -10.8. The van der Waals surface area contributed by atoms with Crippen LogP contribution in [-0.4, -0.2) is 6.61 Å². The van der Waals surface area contributed by atoms with Crippen LogP contribution in [0.15, 0.2) is 34.9 Å². The highest BCUT2D eigenvalue weighted by Crippen LogP contribution is 2.50. The Bertz CT molecular complexity index is 662. The van der Waals surface area contributed by atoms with Gasteiger partial charge in [0.05, 0.1) is 14.4 Å². The summed E-state index contributed by atoms with van der Waals surface area (Å²) in [5.74, 6) is 0. The molecule has 0 spiro atoms. The molecule has 28 heavy (non-hydrogen) atoms. The lowest BCUT2D eigenvalue weighted by molar-refractivity contribution is -0.339. The molecule has 0 radical (unpaired) electrons. The van der Waals surface area contributed by atoms with E-state index in [1.54, 1.807) is 6.08 Å². The van der Waals surface area contributed by atoms with Crippen molar-refractivity contribution in [2.45, 2.75) is 73.6 Å². The van der Waals surface area contributed by atoms with E-state index in [0.717, 1.165) is 37.7 Å². The number of hydrogen-bond donors (Lipinski definition) is 0. The number of allylic oxidation sites excluding steroid dienone is 5. The van der Waals surface area contributed by atoms with E-state index in [2.05, 4.69) is 62.5 Å². The molecule has 0 heterocycles. The average Bonchev–Trinajstić information content (AvgIpc) is 2.41. The zero-order chi connectivity index (χ0) is 22.0. The highest BCUT2D eigenvalue weighted by atomic mass is 31.3. The summed E-state index contributed by atoms with van der Waals surface area (Å²) in [6.07, 6.45) is 10.2. The standard InChI is InChI=1S/C19H36O7P2/c1-16(2)9-7-10-17(3)11-8-12-18(15-19(4,5)6)13-14-25-28(23,24)26-27(20,21)22/h9,11,13H,7-8,10,12,14-15H2,1-6H3,(H,23,24)(H2,20,21,22)/p-3/b17-11+,18-13-. The molecular formula is C19H33O7P2-3. The number of phosphoric ester groups is 1. The average molecular weight is 435 g/mol. The molecular weight excluding hydrogens is 402 g/mol. The van der Waals surface area contributed by atoms with E-state index in [0.29, 0.717) is 0 Å². The molecule has 0 fully saturated rings. The molecule has 0 aliphatic carbocycles. The van der Waals surface area contributed by atoms with Crippen molar-refractivity contribution >= 4 is 15.6 Å². The van der Waals surface area contributed by atoms with Crippen LogP contribution in [0.2, 0.25) is 0 Å². The van der Waals surface area contributed by atoms with Gasteiger partial charge >= 0.3 is 0 Å². The Morgan fingerprint density at radius 1 is 0.929 bits per heavy atom. The summed E-state index contributed by atoms with van der Waals surface area (Å²) in [5, 5.41) is 0. The van der Waals surface area contributed by atoms with Gasteiger partial charge in [0.1, 0.15) is 0 Å². The van der Waals surface area contributed by atoms with Crippen LogP contribution in [-0.2, 0) is 18.0 Å². The fourth-order valence-corrected chi connectivity index (χ4v) is 3.96. The van der Waals surface area contributed by atoms with Crippen molar-refractivity contribution in [2.24, 2.45) is 5.41 Å². The van der Waals surface area contributed by atoms with Crippen LogP contribution in [0.3, 0.4) is 0 Å². The SMILES string of the molecule is CC(C)=CCC/C(C)=C/CC/C(=C/COP(=O)([O-])OP(=O)([O-])[O-])CC(C)(C)C. The van der Waals surface area contributed by atoms with Crippen molar-refractivity contribution in [2.75, 3.05) is 6.61 Å². The van der Waals surface area contributed by atoms with Gasteiger partial charge in [-0.25, -0.2) is 0 Å². The van der Waals surface area contributed by atoms with Crippen LogP contribution in [0, 0.1) is 5.41 Å². The van der Waals surface area contributed by atoms with E-state index in [4.69, 9.17) is 0 Å². The molecule has 0 saturated heterocycles. The maximum absolute atomic E-state index is 11.3. The first kappa shape index (κ1) is 27.5. The molecule has 0 bridgehead atoms. The summed E-state index contributed by atoms with van der Waals surface area (Å²) in [5.41, 5.74) is 3.58. The van der Waals surface area contributed by atoms with Gasteiger partial charge in [-0.3, -0.25) is 8.88 Å². The largest absolute Gasteiger partial charge is 0.790 e. The Kier molecular flexibility index (Phi) is 12.0. The molecule has 0 N–H and O–H groups in total. The minimum atomic E-state index is -5.66. The molecule has 0 aliphatic rings. The first-order valence-corrected chi connectivity index (χ1v) is 12.2. The normalized spacial score (nSPS) is 16.0. The van der Waals surface area contributed by atoms with Gasteiger partial charge in [-0.05, 0) is 58.3 Å². The van der Waals surface area contributed by atoms with Gasteiger partial charge < -0.3 is 23.8 Å². The van der Waals surface area contributed by atoms with Crippen molar-refractivity contribution in [3.05, 3.63) is 34.9 Å². The van der Waals surface area contributed by atoms with Gasteiger partial charge in [0.25, 0.3) is 7.82 Å². The molecule has 9 heteroatoms. The van der Waals surface area contributed by atoms with E-state index in [-0.39, 0.29) is 12.0 Å². The van der Waals surface area contributed by atoms with Gasteiger partial charge in [0, 0.05) is 0 Å². The summed E-state index contributed by atoms with van der Waals surface area (Å²) in [6.45, 7) is 12.0. The maximum Gasteiger partial charge on any atom is 0.272 e. The van der Waals surface area contributed by atoms with E-state index < -0.39 is 15.6 Å². The van der Waals surface area contributed by atoms with E-state index in [9.17, 15) is 23.8 Å². The van der Waals surface area contributed by atoms with Crippen molar-refractivity contribution in [1.29, 1.82) is 0 Å². The van der Waals surface area contributed by atoms with Gasteiger partial charge in [-0.1, -0.05) is 55.7 Å². The summed E-state index contributed by atoms with van der Waals surface area (Å²) >= 11 is 0. The van der Waals surface area contributed by atoms with Crippen LogP contribution in [0.25, 0.3) is 0 Å². The molecule has 0 amide bonds. The minimum Gasteiger partial charge on any atom is -0.790 e. The third-order valence-electron chi connectivity index (χ3n) is 3.61. The Labute approximate surface area is 169 Å². The lowest BCUT2D eigenvalue weighted by Gasteiger charge is -2.34. The second-order valence-corrected chi connectivity index (χ2v) is 11.0. The number of hydrogen-bond acceptors (Lipinski definition) is 7. The first-order valence-electron chi connectivity index (χ1n) is 9.25. The maximum atomic E-state index is 11.3. The topological polar surface area (TPSA) is 122 Å². The molecule has 1 atom stereocenters. The number of phosphoric acid groups is 2. The van der Waals surface area contributed by atoms with E-state index in [1.807, 2.05) is 0 Å². The van der Waals surface area contributed by atoms with Crippen LogP contribution in [0.5, 0.6) is 0 Å². The molecule has 0 aromatic carbocycles. The molecule has 7 nitrogen and oxygen atoms in total. The molecule has 1 unspecified atom stereocenters. The third-order valence-corrected chi connectivity index (χ3v) is 5.68.